The number of hydrogen-bond donors (Lipinski definition) is 1. The molecule has 0 saturated carbocycles. The van der Waals surface area contributed by atoms with Crippen molar-refractivity contribution in [3.63, 3.8) is 0 Å². The number of anilines is 1. The zero-order valence-corrected chi connectivity index (χ0v) is 29.2. The molecule has 0 bridgehead atoms. The molecule has 248 valence electrons. The number of nitrogens with one attached hydrogen (secondary N) is 1. The third-order valence-corrected chi connectivity index (χ3v) is 10.0. The summed E-state index contributed by atoms with van der Waals surface area (Å²) in [5.41, 5.74) is 3.22. The molecular weight excluding hydrogens is 657 g/mol. The second kappa shape index (κ2) is 16.2. The fraction of sp³-hybridized carbons (Fsp3) is 0.278. The van der Waals surface area contributed by atoms with E-state index in [9.17, 15) is 18.0 Å². The van der Waals surface area contributed by atoms with Crippen LogP contribution < -0.4 is 14.4 Å². The Morgan fingerprint density at radius 3 is 2.21 bits per heavy atom. The van der Waals surface area contributed by atoms with Gasteiger partial charge in [-0.2, -0.15) is 0 Å². The lowest BCUT2D eigenvalue weighted by Gasteiger charge is -2.34. The predicted octanol–water partition coefficient (Wildman–Crippen LogP) is 6.98. The number of nitrogens with zero attached hydrogens (tertiary/aromatic N) is 2. The number of carbonyl (C=O) groups excluding carboxylic acids is 2. The summed E-state index contributed by atoms with van der Waals surface area (Å²) < 4.78 is 35.3. The Morgan fingerprint density at radius 1 is 0.894 bits per heavy atom. The van der Waals surface area contributed by atoms with Gasteiger partial charge in [0.25, 0.3) is 10.0 Å². The molecule has 1 atom stereocenters. The van der Waals surface area contributed by atoms with E-state index in [4.69, 9.17) is 27.9 Å². The summed E-state index contributed by atoms with van der Waals surface area (Å²) in [6, 6.07) is 24.8. The van der Waals surface area contributed by atoms with Gasteiger partial charge in [-0.25, -0.2) is 8.42 Å². The number of methoxy groups -OCH3 is 1. The van der Waals surface area contributed by atoms with Gasteiger partial charge in [0.1, 0.15) is 18.3 Å². The maximum Gasteiger partial charge on any atom is 0.264 e. The van der Waals surface area contributed by atoms with Crippen molar-refractivity contribution in [2.45, 2.75) is 51.1 Å². The van der Waals surface area contributed by atoms with Gasteiger partial charge in [0.05, 0.1) is 17.7 Å². The van der Waals surface area contributed by atoms with Gasteiger partial charge in [-0.1, -0.05) is 90.3 Å². The van der Waals surface area contributed by atoms with Crippen LogP contribution in [0.2, 0.25) is 10.0 Å². The minimum Gasteiger partial charge on any atom is -0.495 e. The zero-order chi connectivity index (χ0) is 34.1. The van der Waals surface area contributed by atoms with Gasteiger partial charge >= 0.3 is 0 Å². The van der Waals surface area contributed by atoms with Gasteiger partial charge in [-0.3, -0.25) is 13.9 Å². The summed E-state index contributed by atoms with van der Waals surface area (Å²) in [6.45, 7) is 5.33. The van der Waals surface area contributed by atoms with Crippen LogP contribution in [0.3, 0.4) is 0 Å². The molecule has 0 fully saturated rings. The third-order valence-electron chi connectivity index (χ3n) is 7.67. The molecule has 0 aromatic heterocycles. The second-order valence-corrected chi connectivity index (χ2v) is 14.0. The van der Waals surface area contributed by atoms with Crippen LogP contribution in [0.5, 0.6) is 5.75 Å². The minimum atomic E-state index is -4.29. The van der Waals surface area contributed by atoms with E-state index in [1.54, 1.807) is 48.5 Å². The lowest BCUT2D eigenvalue weighted by Crippen LogP contribution is -2.53. The molecule has 47 heavy (non-hydrogen) atoms. The van der Waals surface area contributed by atoms with Crippen LogP contribution in [0.15, 0.2) is 95.9 Å². The van der Waals surface area contributed by atoms with E-state index in [2.05, 4.69) is 5.32 Å². The van der Waals surface area contributed by atoms with Gasteiger partial charge in [0.2, 0.25) is 11.8 Å². The fourth-order valence-electron chi connectivity index (χ4n) is 5.10. The highest BCUT2D eigenvalue weighted by atomic mass is 35.5. The van der Waals surface area contributed by atoms with E-state index in [0.29, 0.717) is 28.6 Å². The number of carbonyl (C=O) groups is 2. The molecule has 0 aliphatic rings. The number of amides is 2. The van der Waals surface area contributed by atoms with Crippen molar-refractivity contribution in [3.8, 4) is 5.75 Å². The van der Waals surface area contributed by atoms with Crippen molar-refractivity contribution in [1.29, 1.82) is 0 Å². The first-order valence-corrected chi connectivity index (χ1v) is 17.4. The quantitative estimate of drug-likeness (QED) is 0.154. The van der Waals surface area contributed by atoms with Crippen molar-refractivity contribution in [3.05, 3.63) is 123 Å². The van der Waals surface area contributed by atoms with Crippen molar-refractivity contribution >= 4 is 50.7 Å². The SMILES string of the molecule is CCCNC(=O)[C@H](Cc1ccccc1)N(Cc1ccc(Cl)cc1Cl)C(=O)CN(c1cc(C)ccc1OC)S(=O)(=O)c1ccc(C)cc1. The lowest BCUT2D eigenvalue weighted by molar-refractivity contribution is -0.140. The van der Waals surface area contributed by atoms with Crippen LogP contribution in [-0.2, 0) is 32.6 Å². The molecule has 4 aromatic rings. The van der Waals surface area contributed by atoms with E-state index in [1.807, 2.05) is 51.1 Å². The van der Waals surface area contributed by atoms with E-state index in [-0.39, 0.29) is 35.2 Å². The molecule has 0 aliphatic heterocycles. The molecule has 0 spiro atoms. The maximum absolute atomic E-state index is 14.7. The lowest BCUT2D eigenvalue weighted by atomic mass is 10.0. The van der Waals surface area contributed by atoms with Gasteiger partial charge in [-0.05, 0) is 73.4 Å². The monoisotopic (exact) mass is 695 g/mol. The molecular formula is C36H39Cl2N3O5S. The topological polar surface area (TPSA) is 96.0 Å². The molecule has 8 nitrogen and oxygen atoms in total. The number of rotatable bonds is 14. The zero-order valence-electron chi connectivity index (χ0n) is 26.9. The summed E-state index contributed by atoms with van der Waals surface area (Å²) in [5, 5.41) is 3.66. The average molecular weight is 697 g/mol. The molecule has 0 aliphatic carbocycles. The van der Waals surface area contributed by atoms with Crippen LogP contribution in [0, 0.1) is 13.8 Å². The summed E-state index contributed by atoms with van der Waals surface area (Å²) in [5.74, 6) is -0.703. The van der Waals surface area contributed by atoms with Crippen molar-refractivity contribution < 1.29 is 22.7 Å². The summed E-state index contributed by atoms with van der Waals surface area (Å²) in [4.78, 5) is 29.9. The molecule has 0 heterocycles. The highest BCUT2D eigenvalue weighted by molar-refractivity contribution is 7.92. The summed E-state index contributed by atoms with van der Waals surface area (Å²) in [6.07, 6.45) is 0.877. The molecule has 4 rings (SSSR count). The van der Waals surface area contributed by atoms with Gasteiger partial charge in [-0.15, -0.1) is 0 Å². The molecule has 2 amide bonds. The highest BCUT2D eigenvalue weighted by Gasteiger charge is 2.35. The van der Waals surface area contributed by atoms with Crippen LogP contribution in [-0.4, -0.2) is 51.4 Å². The Labute approximate surface area is 287 Å². The third kappa shape index (κ3) is 9.06. The fourth-order valence-corrected chi connectivity index (χ4v) is 6.98. The van der Waals surface area contributed by atoms with E-state index < -0.39 is 28.5 Å². The Balaban J connectivity index is 1.86. The normalized spacial score (nSPS) is 11.9. The molecule has 1 N–H and O–H groups in total. The molecule has 0 saturated heterocycles. The Bertz CT molecular complexity index is 1800. The summed E-state index contributed by atoms with van der Waals surface area (Å²) in [7, 11) is -2.85. The van der Waals surface area contributed by atoms with Crippen LogP contribution >= 0.6 is 23.2 Å². The van der Waals surface area contributed by atoms with Gasteiger partial charge in [0.15, 0.2) is 0 Å². The largest absolute Gasteiger partial charge is 0.495 e. The number of benzene rings is 4. The van der Waals surface area contributed by atoms with Crippen LogP contribution in [0.1, 0.15) is 35.6 Å². The molecule has 0 unspecified atom stereocenters. The number of hydrogen-bond acceptors (Lipinski definition) is 5. The number of sulfonamides is 1. The van der Waals surface area contributed by atoms with E-state index in [1.165, 1.54) is 24.1 Å². The maximum atomic E-state index is 14.7. The van der Waals surface area contributed by atoms with Gasteiger partial charge in [0, 0.05) is 29.6 Å². The van der Waals surface area contributed by atoms with Gasteiger partial charge < -0.3 is 15.0 Å². The standard InChI is InChI=1S/C36H39Cl2N3O5S/c1-5-19-39-36(43)33(21-27-9-7-6-8-10-27)40(23-28-14-15-29(37)22-31(28)38)35(42)24-41(32-20-26(3)13-18-34(32)46-4)47(44,45)30-16-11-25(2)12-17-30/h6-18,20,22,33H,5,19,21,23-24H2,1-4H3,(H,39,43)/t33-/m0/s1. The first-order valence-electron chi connectivity index (χ1n) is 15.2. The first kappa shape index (κ1) is 35.8. The average Bonchev–Trinajstić information content (AvgIpc) is 3.05. The Morgan fingerprint density at radius 2 is 1.57 bits per heavy atom. The van der Waals surface area contributed by atoms with Crippen molar-refractivity contribution in [1.82, 2.24) is 10.2 Å². The van der Waals surface area contributed by atoms with Crippen molar-refractivity contribution in [2.75, 3.05) is 24.5 Å². The smallest absolute Gasteiger partial charge is 0.264 e. The van der Waals surface area contributed by atoms with Crippen LogP contribution in [0.4, 0.5) is 5.69 Å². The minimum absolute atomic E-state index is 0.00767. The van der Waals surface area contributed by atoms with E-state index >= 15 is 0 Å². The van der Waals surface area contributed by atoms with Crippen molar-refractivity contribution in [2.24, 2.45) is 0 Å². The molecule has 4 aromatic carbocycles. The highest BCUT2D eigenvalue weighted by Crippen LogP contribution is 2.34. The van der Waals surface area contributed by atoms with Crippen LogP contribution in [0.25, 0.3) is 0 Å². The molecule has 11 heteroatoms. The summed E-state index contributed by atoms with van der Waals surface area (Å²) >= 11 is 12.8. The first-order chi connectivity index (χ1) is 22.4. The van der Waals surface area contributed by atoms with E-state index in [0.717, 1.165) is 21.0 Å². The second-order valence-electron chi connectivity index (χ2n) is 11.3. The Hall–Kier alpha value is -4.05. The number of ether oxygens (including phenoxy) is 1. The predicted molar refractivity (Wildman–Crippen MR) is 188 cm³/mol. The number of halogens is 2. The molecule has 0 radical (unpaired) electrons. The Kier molecular flexibility index (Phi) is 12.3. The number of aryl methyl sites for hydroxylation is 2.